The van der Waals surface area contributed by atoms with Gasteiger partial charge in [0.1, 0.15) is 0 Å². The van der Waals surface area contributed by atoms with Crippen LogP contribution in [0.5, 0.6) is 0 Å². The zero-order chi connectivity index (χ0) is 12.3. The number of benzene rings is 1. The molecule has 3 atom stereocenters. The average molecular weight is 246 g/mol. The van der Waals surface area contributed by atoms with Crippen molar-refractivity contribution >= 4 is 0 Å². The summed E-state index contributed by atoms with van der Waals surface area (Å²) in [5.41, 5.74) is -0.262. The van der Waals surface area contributed by atoms with Crippen LogP contribution in [0.1, 0.15) is 29.9 Å². The zero-order valence-corrected chi connectivity index (χ0v) is 8.81. The number of hydrogen-bond acceptors (Lipinski definition) is 1. The van der Waals surface area contributed by atoms with Crippen LogP contribution in [-0.2, 0) is 6.42 Å². The summed E-state index contributed by atoms with van der Waals surface area (Å²) in [5.74, 6) is -6.75. The number of halogens is 4. The van der Waals surface area contributed by atoms with Gasteiger partial charge in [-0.2, -0.15) is 0 Å². The molecule has 0 aliphatic heterocycles. The normalized spacial score (nSPS) is 30.5. The molecule has 1 nitrogen and oxygen atoms in total. The Morgan fingerprint density at radius 1 is 0.882 bits per heavy atom. The Hall–Kier alpha value is -1.10. The van der Waals surface area contributed by atoms with Crippen molar-refractivity contribution in [2.45, 2.75) is 31.3 Å². The lowest BCUT2D eigenvalue weighted by Gasteiger charge is -2.24. The summed E-state index contributed by atoms with van der Waals surface area (Å²) in [6, 6.07) is 0. The first-order chi connectivity index (χ1) is 8.00. The lowest BCUT2D eigenvalue weighted by molar-refractivity contribution is 0.160. The number of aliphatic hydroxyl groups is 1. The van der Waals surface area contributed by atoms with E-state index >= 15 is 0 Å². The van der Waals surface area contributed by atoms with Crippen LogP contribution in [0, 0.1) is 29.2 Å². The van der Waals surface area contributed by atoms with E-state index in [1.165, 1.54) is 0 Å². The minimum Gasteiger partial charge on any atom is -0.392 e. The molecule has 0 aromatic heterocycles. The molecule has 5 heteroatoms. The third kappa shape index (κ3) is 1.35. The Morgan fingerprint density at radius 3 is 2.24 bits per heavy atom. The van der Waals surface area contributed by atoms with E-state index in [9.17, 15) is 22.7 Å². The topological polar surface area (TPSA) is 20.2 Å². The number of fused-ring (bicyclic) bond motifs is 4. The van der Waals surface area contributed by atoms with Gasteiger partial charge in [0.15, 0.2) is 23.3 Å². The first kappa shape index (κ1) is 11.0. The number of aliphatic hydroxyl groups excluding tert-OH is 1. The van der Waals surface area contributed by atoms with Gasteiger partial charge >= 0.3 is 0 Å². The first-order valence-corrected chi connectivity index (χ1v) is 5.53. The summed E-state index contributed by atoms with van der Waals surface area (Å²) >= 11 is 0. The summed E-state index contributed by atoms with van der Waals surface area (Å²) in [7, 11) is 0. The van der Waals surface area contributed by atoms with Crippen LogP contribution in [0.15, 0.2) is 0 Å². The quantitative estimate of drug-likeness (QED) is 0.424. The monoisotopic (exact) mass is 246 g/mol. The van der Waals surface area contributed by atoms with Gasteiger partial charge in [-0.25, -0.2) is 17.6 Å². The van der Waals surface area contributed by atoms with E-state index in [-0.39, 0.29) is 23.5 Å². The van der Waals surface area contributed by atoms with E-state index in [1.807, 2.05) is 0 Å². The third-order valence-corrected chi connectivity index (χ3v) is 3.89. The van der Waals surface area contributed by atoms with Crippen molar-refractivity contribution in [3.05, 3.63) is 34.4 Å². The molecule has 3 rings (SSSR count). The Bertz CT molecular complexity index is 500. The van der Waals surface area contributed by atoms with Gasteiger partial charge in [-0.15, -0.1) is 0 Å². The van der Waals surface area contributed by atoms with Crippen LogP contribution in [0.4, 0.5) is 17.6 Å². The van der Waals surface area contributed by atoms with E-state index in [1.54, 1.807) is 0 Å². The van der Waals surface area contributed by atoms with Gasteiger partial charge < -0.3 is 5.11 Å². The summed E-state index contributed by atoms with van der Waals surface area (Å²) < 4.78 is 53.5. The minimum atomic E-state index is -1.78. The molecule has 0 heterocycles. The Kier molecular flexibility index (Phi) is 2.23. The fourth-order valence-corrected chi connectivity index (χ4v) is 3.16. The predicted octanol–water partition coefficient (Wildman–Crippen LogP) is 2.65. The Balaban J connectivity index is 2.28. The average Bonchev–Trinajstić information content (AvgIpc) is 2.59. The molecule has 92 valence electrons. The van der Waals surface area contributed by atoms with Crippen molar-refractivity contribution in [1.82, 2.24) is 0 Å². The molecule has 1 aromatic carbocycles. The van der Waals surface area contributed by atoms with Crippen molar-refractivity contribution in [3.8, 4) is 0 Å². The highest BCUT2D eigenvalue weighted by molar-refractivity contribution is 5.39. The van der Waals surface area contributed by atoms with Crippen molar-refractivity contribution < 1.29 is 22.7 Å². The molecule has 17 heavy (non-hydrogen) atoms. The van der Waals surface area contributed by atoms with E-state index in [2.05, 4.69) is 0 Å². The third-order valence-electron chi connectivity index (χ3n) is 3.89. The summed E-state index contributed by atoms with van der Waals surface area (Å²) in [4.78, 5) is 0. The molecule has 2 aliphatic carbocycles. The van der Waals surface area contributed by atoms with Crippen LogP contribution >= 0.6 is 0 Å². The van der Waals surface area contributed by atoms with Gasteiger partial charge in [0, 0.05) is 11.5 Å². The first-order valence-electron chi connectivity index (χ1n) is 5.53. The van der Waals surface area contributed by atoms with Gasteiger partial charge in [-0.3, -0.25) is 0 Å². The maximum absolute atomic E-state index is 13.7. The fourth-order valence-electron chi connectivity index (χ4n) is 3.16. The predicted molar refractivity (Wildman–Crippen MR) is 51.4 cm³/mol. The second-order valence-corrected chi connectivity index (χ2v) is 4.86. The smallest absolute Gasteiger partial charge is 0.197 e. The van der Waals surface area contributed by atoms with Crippen molar-refractivity contribution in [1.29, 1.82) is 0 Å². The molecule has 0 spiro atoms. The van der Waals surface area contributed by atoms with Crippen molar-refractivity contribution in [2.24, 2.45) is 5.92 Å². The summed E-state index contributed by atoms with van der Waals surface area (Å²) in [6.45, 7) is 0. The second-order valence-electron chi connectivity index (χ2n) is 4.86. The van der Waals surface area contributed by atoms with Crippen LogP contribution in [0.2, 0.25) is 0 Å². The second kappa shape index (κ2) is 3.45. The molecule has 1 aromatic rings. The lowest BCUT2D eigenvalue weighted by Crippen LogP contribution is -2.20. The van der Waals surface area contributed by atoms with Crippen molar-refractivity contribution in [2.75, 3.05) is 0 Å². The Labute approximate surface area is 95.1 Å². The van der Waals surface area contributed by atoms with Crippen molar-refractivity contribution in [3.63, 3.8) is 0 Å². The van der Waals surface area contributed by atoms with Crippen LogP contribution < -0.4 is 0 Å². The Morgan fingerprint density at radius 2 is 1.53 bits per heavy atom. The summed E-state index contributed by atoms with van der Waals surface area (Å²) in [6.07, 6.45) is 0.319. The number of hydrogen-bond donors (Lipinski definition) is 1. The molecule has 0 unspecified atom stereocenters. The number of rotatable bonds is 0. The molecule has 0 radical (unpaired) electrons. The molecule has 1 saturated carbocycles. The van der Waals surface area contributed by atoms with E-state index in [0.717, 1.165) is 0 Å². The van der Waals surface area contributed by atoms with Gasteiger partial charge in [0.05, 0.1) is 6.10 Å². The molecule has 1 fully saturated rings. The fraction of sp³-hybridized carbons (Fsp3) is 0.500. The van der Waals surface area contributed by atoms with E-state index in [0.29, 0.717) is 12.8 Å². The van der Waals surface area contributed by atoms with E-state index < -0.39 is 35.3 Å². The highest BCUT2D eigenvalue weighted by atomic mass is 19.2. The molecule has 2 bridgehead atoms. The maximum Gasteiger partial charge on any atom is 0.197 e. The minimum absolute atomic E-state index is 0.0289. The van der Waals surface area contributed by atoms with Gasteiger partial charge in [-0.05, 0) is 30.7 Å². The van der Waals surface area contributed by atoms with Crippen LogP contribution in [0.25, 0.3) is 0 Å². The molecular weight excluding hydrogens is 236 g/mol. The molecule has 0 saturated heterocycles. The zero-order valence-electron chi connectivity index (χ0n) is 8.81. The van der Waals surface area contributed by atoms with Crippen LogP contribution in [-0.4, -0.2) is 11.2 Å². The van der Waals surface area contributed by atoms with Gasteiger partial charge in [0.2, 0.25) is 0 Å². The molecule has 1 N–H and O–H groups in total. The molecule has 0 amide bonds. The maximum atomic E-state index is 13.7. The lowest BCUT2D eigenvalue weighted by atomic mass is 9.82. The largest absolute Gasteiger partial charge is 0.392 e. The van der Waals surface area contributed by atoms with Gasteiger partial charge in [0.25, 0.3) is 0 Å². The molecule has 2 aliphatic rings. The summed E-state index contributed by atoms with van der Waals surface area (Å²) in [5, 5.41) is 9.72. The van der Waals surface area contributed by atoms with Gasteiger partial charge in [-0.1, -0.05) is 0 Å². The highest BCUT2D eigenvalue weighted by Crippen LogP contribution is 2.48. The standard InChI is InChI=1S/C12H10F4O/c13-9-6-2-4-1-5(7(17)3-4)8(6)10(14)12(16)11(9)15/h4-5,7,17H,1-3H2/t4-,5-,7-/m0/s1. The SMILES string of the molecule is O[C@H]1C[C@@H]2Cc3c(F)c(F)c(F)c(F)c3[C@H]1C2. The van der Waals surface area contributed by atoms with E-state index in [4.69, 9.17) is 0 Å². The molecular formula is C12H10F4O. The highest BCUT2D eigenvalue weighted by Gasteiger charge is 2.43. The van der Waals surface area contributed by atoms with Crippen LogP contribution in [0.3, 0.4) is 0 Å².